The molecular formula is C25H21N3O3. The number of carbonyl (C=O) groups excluding carboxylic acids is 1. The van der Waals surface area contributed by atoms with Crippen molar-refractivity contribution in [3.8, 4) is 28.1 Å². The molecule has 6 nitrogen and oxygen atoms in total. The van der Waals surface area contributed by atoms with Crippen molar-refractivity contribution in [3.05, 3.63) is 101 Å². The molecule has 0 aliphatic rings. The lowest BCUT2D eigenvalue weighted by molar-refractivity contribution is 0.102. The minimum Gasteiger partial charge on any atom is -0.494 e. The average molecular weight is 411 g/mol. The second kappa shape index (κ2) is 9.09. The smallest absolute Gasteiger partial charge is 0.277 e. The van der Waals surface area contributed by atoms with Gasteiger partial charge in [-0.05, 0) is 36.8 Å². The summed E-state index contributed by atoms with van der Waals surface area (Å²) in [4.78, 5) is 26.0. The Hall–Kier alpha value is -4.19. The number of H-pyrrole nitrogens is 1. The van der Waals surface area contributed by atoms with Crippen LogP contribution in [0.1, 0.15) is 17.3 Å². The standard InChI is InChI=1S/C25H21N3O3/c1-2-31-20-15-13-19(14-16-20)26-24(29)22-21(17-9-5-3-6-10-17)23(27-28-25(22)30)18-11-7-4-8-12-18/h3-16H,2H2,1H3,(H,26,29)(H,28,30). The average Bonchev–Trinajstić information content (AvgIpc) is 2.81. The van der Waals surface area contributed by atoms with E-state index >= 15 is 0 Å². The van der Waals surface area contributed by atoms with E-state index in [1.54, 1.807) is 24.3 Å². The maximum atomic E-state index is 13.2. The van der Waals surface area contributed by atoms with Crippen LogP contribution < -0.4 is 15.6 Å². The molecule has 0 bridgehead atoms. The maximum absolute atomic E-state index is 13.2. The highest BCUT2D eigenvalue weighted by molar-refractivity contribution is 6.10. The number of aromatic amines is 1. The Morgan fingerprint density at radius 1 is 0.903 bits per heavy atom. The van der Waals surface area contributed by atoms with Crippen LogP contribution in [0.25, 0.3) is 22.4 Å². The first-order valence-electron chi connectivity index (χ1n) is 9.95. The van der Waals surface area contributed by atoms with Gasteiger partial charge in [-0.3, -0.25) is 9.59 Å². The quantitative estimate of drug-likeness (QED) is 0.479. The largest absolute Gasteiger partial charge is 0.494 e. The minimum absolute atomic E-state index is 0.00828. The minimum atomic E-state index is -0.554. The number of carbonyl (C=O) groups is 1. The first-order valence-corrected chi connectivity index (χ1v) is 9.95. The molecule has 4 rings (SSSR count). The van der Waals surface area contributed by atoms with Crippen LogP contribution in [0.5, 0.6) is 5.75 Å². The van der Waals surface area contributed by atoms with Gasteiger partial charge >= 0.3 is 0 Å². The van der Waals surface area contributed by atoms with Gasteiger partial charge in [0.05, 0.1) is 12.3 Å². The molecule has 0 aliphatic heterocycles. The third-order valence-corrected chi connectivity index (χ3v) is 4.74. The lowest BCUT2D eigenvalue weighted by Gasteiger charge is -2.14. The summed E-state index contributed by atoms with van der Waals surface area (Å²) in [6.07, 6.45) is 0. The van der Waals surface area contributed by atoms with Gasteiger partial charge in [-0.15, -0.1) is 0 Å². The normalized spacial score (nSPS) is 10.5. The fourth-order valence-electron chi connectivity index (χ4n) is 3.35. The first kappa shape index (κ1) is 20.1. The van der Waals surface area contributed by atoms with Crippen LogP contribution in [0.2, 0.25) is 0 Å². The molecule has 0 saturated carbocycles. The molecule has 0 unspecified atom stereocenters. The van der Waals surface area contributed by atoms with Crippen LogP contribution in [-0.2, 0) is 0 Å². The Bertz CT molecular complexity index is 1230. The predicted octanol–water partition coefficient (Wildman–Crippen LogP) is 4.75. The number of nitrogens with one attached hydrogen (secondary N) is 2. The number of rotatable bonds is 6. The van der Waals surface area contributed by atoms with Gasteiger partial charge in [0.1, 0.15) is 11.3 Å². The Balaban J connectivity index is 1.81. The fraction of sp³-hybridized carbons (Fsp3) is 0.0800. The molecule has 1 amide bonds. The number of aromatic nitrogens is 2. The zero-order valence-corrected chi connectivity index (χ0v) is 17.0. The molecule has 6 heteroatoms. The van der Waals surface area contributed by atoms with E-state index in [-0.39, 0.29) is 5.56 Å². The highest BCUT2D eigenvalue weighted by atomic mass is 16.5. The number of anilines is 1. The molecule has 1 aromatic heterocycles. The van der Waals surface area contributed by atoms with Crippen LogP contribution in [0.3, 0.4) is 0 Å². The van der Waals surface area contributed by atoms with Gasteiger partial charge in [0.15, 0.2) is 0 Å². The summed E-state index contributed by atoms with van der Waals surface area (Å²) in [5.41, 5.74) is 2.56. The zero-order valence-electron chi connectivity index (χ0n) is 17.0. The topological polar surface area (TPSA) is 84.1 Å². The Morgan fingerprint density at radius 3 is 2.13 bits per heavy atom. The lowest BCUT2D eigenvalue weighted by Crippen LogP contribution is -2.26. The summed E-state index contributed by atoms with van der Waals surface area (Å²) in [7, 11) is 0. The van der Waals surface area contributed by atoms with Crippen LogP contribution in [0.4, 0.5) is 5.69 Å². The van der Waals surface area contributed by atoms with Gasteiger partial charge in [-0.1, -0.05) is 60.7 Å². The van der Waals surface area contributed by atoms with E-state index in [1.165, 1.54) is 0 Å². The number of nitrogens with zero attached hydrogens (tertiary/aromatic N) is 1. The fourth-order valence-corrected chi connectivity index (χ4v) is 3.35. The van der Waals surface area contributed by atoms with Gasteiger partial charge in [0.25, 0.3) is 11.5 Å². The third-order valence-electron chi connectivity index (χ3n) is 4.74. The van der Waals surface area contributed by atoms with Crippen molar-refractivity contribution in [2.24, 2.45) is 0 Å². The molecule has 0 fully saturated rings. The second-order valence-corrected chi connectivity index (χ2v) is 6.79. The van der Waals surface area contributed by atoms with Crippen LogP contribution in [0.15, 0.2) is 89.7 Å². The summed E-state index contributed by atoms with van der Waals surface area (Å²) < 4.78 is 5.44. The van der Waals surface area contributed by atoms with E-state index in [9.17, 15) is 9.59 Å². The SMILES string of the molecule is CCOc1ccc(NC(=O)c2c(-c3ccccc3)c(-c3ccccc3)n[nH]c2=O)cc1. The molecule has 31 heavy (non-hydrogen) atoms. The highest BCUT2D eigenvalue weighted by Crippen LogP contribution is 2.32. The van der Waals surface area contributed by atoms with Gasteiger partial charge in [0, 0.05) is 16.8 Å². The van der Waals surface area contributed by atoms with Crippen molar-refractivity contribution in [3.63, 3.8) is 0 Å². The first-order chi connectivity index (χ1) is 15.2. The summed E-state index contributed by atoms with van der Waals surface area (Å²) in [6.45, 7) is 2.46. The second-order valence-electron chi connectivity index (χ2n) is 6.79. The summed E-state index contributed by atoms with van der Waals surface area (Å²) in [6, 6.07) is 25.8. The van der Waals surface area contributed by atoms with Gasteiger partial charge < -0.3 is 10.1 Å². The third kappa shape index (κ3) is 4.38. The molecule has 3 aromatic carbocycles. The molecule has 1 heterocycles. The molecule has 0 radical (unpaired) electrons. The van der Waals surface area contributed by atoms with Gasteiger partial charge in [0.2, 0.25) is 0 Å². The molecule has 0 aliphatic carbocycles. The van der Waals surface area contributed by atoms with Crippen molar-refractivity contribution in [1.29, 1.82) is 0 Å². The lowest BCUT2D eigenvalue weighted by atomic mass is 9.95. The van der Waals surface area contributed by atoms with E-state index in [2.05, 4.69) is 15.5 Å². The summed E-state index contributed by atoms with van der Waals surface area (Å²) >= 11 is 0. The zero-order chi connectivity index (χ0) is 21.6. The monoisotopic (exact) mass is 411 g/mol. The number of ether oxygens (including phenoxy) is 1. The highest BCUT2D eigenvalue weighted by Gasteiger charge is 2.23. The maximum Gasteiger partial charge on any atom is 0.277 e. The predicted molar refractivity (Wildman–Crippen MR) is 121 cm³/mol. The van der Waals surface area contributed by atoms with E-state index in [1.807, 2.05) is 67.6 Å². The number of hydrogen-bond acceptors (Lipinski definition) is 4. The Kier molecular flexibility index (Phi) is 5.89. The number of benzene rings is 3. The molecule has 0 atom stereocenters. The van der Waals surface area contributed by atoms with E-state index in [0.29, 0.717) is 29.3 Å². The van der Waals surface area contributed by atoms with Crippen molar-refractivity contribution in [2.75, 3.05) is 11.9 Å². The van der Waals surface area contributed by atoms with Crippen LogP contribution in [-0.4, -0.2) is 22.7 Å². The van der Waals surface area contributed by atoms with Crippen molar-refractivity contribution < 1.29 is 9.53 Å². The van der Waals surface area contributed by atoms with E-state index in [4.69, 9.17) is 4.74 Å². The number of hydrogen-bond donors (Lipinski definition) is 2. The van der Waals surface area contributed by atoms with Gasteiger partial charge in [-0.25, -0.2) is 5.10 Å². The van der Waals surface area contributed by atoms with Crippen LogP contribution in [0, 0.1) is 0 Å². The molecular weight excluding hydrogens is 390 g/mol. The van der Waals surface area contributed by atoms with Gasteiger partial charge in [-0.2, -0.15) is 5.10 Å². The number of amides is 1. The summed E-state index contributed by atoms with van der Waals surface area (Å²) in [5.74, 6) is 0.197. The molecule has 0 spiro atoms. The van der Waals surface area contributed by atoms with Crippen LogP contribution >= 0.6 is 0 Å². The van der Waals surface area contributed by atoms with Crippen molar-refractivity contribution in [2.45, 2.75) is 6.92 Å². The Morgan fingerprint density at radius 2 is 1.52 bits per heavy atom. The molecule has 2 N–H and O–H groups in total. The van der Waals surface area contributed by atoms with Crippen molar-refractivity contribution >= 4 is 11.6 Å². The molecule has 154 valence electrons. The Labute approximate surface area is 179 Å². The van der Waals surface area contributed by atoms with E-state index < -0.39 is 11.5 Å². The van der Waals surface area contributed by atoms with Crippen molar-refractivity contribution in [1.82, 2.24) is 10.2 Å². The molecule has 0 saturated heterocycles. The summed E-state index contributed by atoms with van der Waals surface area (Å²) in [5, 5.41) is 9.57. The van der Waals surface area contributed by atoms with E-state index in [0.717, 1.165) is 11.1 Å². The molecule has 4 aromatic rings.